The van der Waals surface area contributed by atoms with E-state index in [1.807, 2.05) is 42.5 Å². The quantitative estimate of drug-likeness (QED) is 0.902. The first-order valence-electron chi connectivity index (χ1n) is 7.99. The van der Waals surface area contributed by atoms with Gasteiger partial charge in [0.1, 0.15) is 6.61 Å². The van der Waals surface area contributed by atoms with Crippen LogP contribution in [0.5, 0.6) is 0 Å². The normalized spacial score (nSPS) is 19.6. The predicted molar refractivity (Wildman–Crippen MR) is 93.5 cm³/mol. The molecule has 2 atom stereocenters. The zero-order valence-electron chi connectivity index (χ0n) is 13.5. The van der Waals surface area contributed by atoms with Gasteiger partial charge >= 0.3 is 12.1 Å². The maximum atomic E-state index is 12.3. The minimum absolute atomic E-state index is 0.110. The van der Waals surface area contributed by atoms with Gasteiger partial charge in [0.15, 0.2) is 0 Å². The molecule has 1 aliphatic heterocycles. The van der Waals surface area contributed by atoms with E-state index in [-0.39, 0.29) is 25.6 Å². The zero-order valence-corrected chi connectivity index (χ0v) is 14.2. The van der Waals surface area contributed by atoms with E-state index in [1.165, 1.54) is 4.90 Å². The summed E-state index contributed by atoms with van der Waals surface area (Å²) in [5, 5.41) is 10.0. The Bertz CT molecular complexity index is 765. The number of benzene rings is 2. The largest absolute Gasteiger partial charge is 0.481 e. The number of likely N-dealkylation sites (tertiary alicyclic amines) is 1. The molecule has 130 valence electrons. The highest BCUT2D eigenvalue weighted by Gasteiger charge is 2.41. The molecule has 1 heterocycles. The van der Waals surface area contributed by atoms with Crippen molar-refractivity contribution in [2.24, 2.45) is 5.92 Å². The molecule has 0 bridgehead atoms. The number of hydrogen-bond acceptors (Lipinski definition) is 3. The lowest BCUT2D eigenvalue weighted by Gasteiger charge is -2.17. The number of carbonyl (C=O) groups is 2. The van der Waals surface area contributed by atoms with Crippen LogP contribution in [0.2, 0.25) is 5.02 Å². The Morgan fingerprint density at radius 1 is 1.08 bits per heavy atom. The van der Waals surface area contributed by atoms with Gasteiger partial charge in [-0.25, -0.2) is 4.79 Å². The Morgan fingerprint density at radius 3 is 2.44 bits per heavy atom. The van der Waals surface area contributed by atoms with Gasteiger partial charge in [-0.3, -0.25) is 4.79 Å². The van der Waals surface area contributed by atoms with Gasteiger partial charge in [0.05, 0.1) is 5.92 Å². The van der Waals surface area contributed by atoms with Crippen LogP contribution in [0.1, 0.15) is 17.0 Å². The number of carbonyl (C=O) groups excluding carboxylic acids is 1. The molecule has 1 saturated heterocycles. The highest BCUT2D eigenvalue weighted by atomic mass is 35.5. The van der Waals surface area contributed by atoms with Crippen LogP contribution < -0.4 is 0 Å². The maximum Gasteiger partial charge on any atom is 0.410 e. The van der Waals surface area contributed by atoms with Crippen molar-refractivity contribution in [2.75, 3.05) is 13.1 Å². The minimum atomic E-state index is -0.941. The van der Waals surface area contributed by atoms with Crippen LogP contribution in [0.3, 0.4) is 0 Å². The van der Waals surface area contributed by atoms with Crippen molar-refractivity contribution in [3.05, 3.63) is 70.7 Å². The Balaban J connectivity index is 1.70. The maximum absolute atomic E-state index is 12.3. The van der Waals surface area contributed by atoms with E-state index >= 15 is 0 Å². The van der Waals surface area contributed by atoms with Gasteiger partial charge in [-0.1, -0.05) is 60.1 Å². The lowest BCUT2D eigenvalue weighted by atomic mass is 9.89. The molecule has 3 rings (SSSR count). The van der Waals surface area contributed by atoms with Crippen molar-refractivity contribution in [1.29, 1.82) is 0 Å². The average Bonchev–Trinajstić information content (AvgIpc) is 3.06. The van der Waals surface area contributed by atoms with E-state index in [4.69, 9.17) is 16.3 Å². The minimum Gasteiger partial charge on any atom is -0.481 e. The number of amides is 1. The first kappa shape index (κ1) is 17.3. The standard InChI is InChI=1S/C19H18ClNO4/c20-17-9-5-4-8-14(17)15-10-21(11-16(15)18(22)23)19(24)25-12-13-6-2-1-3-7-13/h1-9,15-16H,10-12H2,(H,22,23). The molecule has 5 nitrogen and oxygen atoms in total. The summed E-state index contributed by atoms with van der Waals surface area (Å²) in [5.74, 6) is -2.00. The van der Waals surface area contributed by atoms with Crippen molar-refractivity contribution in [3.63, 3.8) is 0 Å². The van der Waals surface area contributed by atoms with Crippen LogP contribution in [0.4, 0.5) is 4.79 Å². The van der Waals surface area contributed by atoms with E-state index in [0.717, 1.165) is 11.1 Å². The fourth-order valence-electron chi connectivity index (χ4n) is 3.10. The van der Waals surface area contributed by atoms with Crippen LogP contribution in [-0.2, 0) is 16.1 Å². The monoisotopic (exact) mass is 359 g/mol. The fraction of sp³-hybridized carbons (Fsp3) is 0.263. The number of aliphatic carboxylic acids is 1. The van der Waals surface area contributed by atoms with Gasteiger partial charge in [0.25, 0.3) is 0 Å². The summed E-state index contributed by atoms with van der Waals surface area (Å²) in [5.41, 5.74) is 1.63. The molecule has 25 heavy (non-hydrogen) atoms. The topological polar surface area (TPSA) is 66.8 Å². The van der Waals surface area contributed by atoms with Crippen molar-refractivity contribution in [2.45, 2.75) is 12.5 Å². The summed E-state index contributed by atoms with van der Waals surface area (Å²) in [6, 6.07) is 16.5. The van der Waals surface area contributed by atoms with Crippen LogP contribution in [0.25, 0.3) is 0 Å². The highest BCUT2D eigenvalue weighted by molar-refractivity contribution is 6.31. The van der Waals surface area contributed by atoms with Gasteiger partial charge in [-0.2, -0.15) is 0 Å². The molecule has 6 heteroatoms. The van der Waals surface area contributed by atoms with Crippen LogP contribution in [0, 0.1) is 5.92 Å². The van der Waals surface area contributed by atoms with E-state index in [2.05, 4.69) is 0 Å². The Labute approximate surface area is 150 Å². The van der Waals surface area contributed by atoms with Gasteiger partial charge in [0, 0.05) is 24.0 Å². The highest BCUT2D eigenvalue weighted by Crippen LogP contribution is 2.36. The number of nitrogens with zero attached hydrogens (tertiary/aromatic N) is 1. The summed E-state index contributed by atoms with van der Waals surface area (Å²) in [6.07, 6.45) is -0.510. The molecule has 2 aromatic carbocycles. The molecular formula is C19H18ClNO4. The van der Waals surface area contributed by atoms with Crippen molar-refractivity contribution in [3.8, 4) is 0 Å². The van der Waals surface area contributed by atoms with Gasteiger partial charge < -0.3 is 14.7 Å². The summed E-state index contributed by atoms with van der Waals surface area (Å²) in [4.78, 5) is 25.4. The predicted octanol–water partition coefficient (Wildman–Crippen LogP) is 3.78. The molecule has 0 spiro atoms. The van der Waals surface area contributed by atoms with Crippen molar-refractivity contribution >= 4 is 23.7 Å². The molecular weight excluding hydrogens is 342 g/mol. The summed E-state index contributed by atoms with van der Waals surface area (Å²) < 4.78 is 5.32. The third-order valence-electron chi connectivity index (χ3n) is 4.41. The van der Waals surface area contributed by atoms with Gasteiger partial charge in [0.2, 0.25) is 0 Å². The lowest BCUT2D eigenvalue weighted by Crippen LogP contribution is -2.30. The number of halogens is 1. The molecule has 1 fully saturated rings. The number of ether oxygens (including phenoxy) is 1. The molecule has 1 N–H and O–H groups in total. The molecule has 0 saturated carbocycles. The molecule has 0 radical (unpaired) electrons. The Hall–Kier alpha value is -2.53. The lowest BCUT2D eigenvalue weighted by molar-refractivity contribution is -0.141. The van der Waals surface area contributed by atoms with Crippen molar-refractivity contribution < 1.29 is 19.4 Å². The Morgan fingerprint density at radius 2 is 1.76 bits per heavy atom. The number of rotatable bonds is 4. The SMILES string of the molecule is O=C(O)C1CN(C(=O)OCc2ccccc2)CC1c1ccccc1Cl. The summed E-state index contributed by atoms with van der Waals surface area (Å²) in [6.45, 7) is 0.540. The van der Waals surface area contributed by atoms with Gasteiger partial charge in [-0.15, -0.1) is 0 Å². The summed E-state index contributed by atoms with van der Waals surface area (Å²) in [7, 11) is 0. The molecule has 2 aromatic rings. The van der Waals surface area contributed by atoms with Gasteiger partial charge in [-0.05, 0) is 17.2 Å². The van der Waals surface area contributed by atoms with Crippen LogP contribution >= 0.6 is 11.6 Å². The van der Waals surface area contributed by atoms with E-state index < -0.39 is 18.0 Å². The molecule has 0 aliphatic carbocycles. The second-order valence-electron chi connectivity index (χ2n) is 6.02. The molecule has 1 aliphatic rings. The second-order valence-corrected chi connectivity index (χ2v) is 6.43. The summed E-state index contributed by atoms with van der Waals surface area (Å²) >= 11 is 6.22. The fourth-order valence-corrected chi connectivity index (χ4v) is 3.38. The molecule has 2 unspecified atom stereocenters. The molecule has 1 amide bonds. The first-order chi connectivity index (χ1) is 12.1. The number of hydrogen-bond donors (Lipinski definition) is 1. The van der Waals surface area contributed by atoms with Crippen molar-refractivity contribution in [1.82, 2.24) is 4.90 Å². The third kappa shape index (κ3) is 3.94. The van der Waals surface area contributed by atoms with E-state index in [1.54, 1.807) is 12.1 Å². The average molecular weight is 360 g/mol. The second kappa shape index (κ2) is 7.57. The Kier molecular flexibility index (Phi) is 5.24. The van der Waals surface area contributed by atoms with Crippen LogP contribution in [-0.4, -0.2) is 35.2 Å². The zero-order chi connectivity index (χ0) is 17.8. The number of carboxylic acids is 1. The smallest absolute Gasteiger partial charge is 0.410 e. The first-order valence-corrected chi connectivity index (χ1v) is 8.37. The van der Waals surface area contributed by atoms with Crippen LogP contribution in [0.15, 0.2) is 54.6 Å². The molecule has 0 aromatic heterocycles. The van der Waals surface area contributed by atoms with E-state index in [0.29, 0.717) is 5.02 Å². The van der Waals surface area contributed by atoms with E-state index in [9.17, 15) is 14.7 Å². The number of carboxylic acid groups (broad SMARTS) is 1. The third-order valence-corrected chi connectivity index (χ3v) is 4.75.